The average Bonchev–Trinajstić information content (AvgIpc) is 2.26. The van der Waals surface area contributed by atoms with E-state index in [2.05, 4.69) is 4.98 Å². The summed E-state index contributed by atoms with van der Waals surface area (Å²) in [6.07, 6.45) is -4.11. The van der Waals surface area contributed by atoms with Gasteiger partial charge >= 0.3 is 6.18 Å². The van der Waals surface area contributed by atoms with E-state index in [1.165, 1.54) is 12.1 Å². The first-order valence-corrected chi connectivity index (χ1v) is 4.55. The molecule has 2 rings (SSSR count). The highest BCUT2D eigenvalue weighted by Crippen LogP contribution is 2.26. The predicted molar refractivity (Wildman–Crippen MR) is 52.1 cm³/mol. The number of pyridine rings is 1. The largest absolute Gasteiger partial charge is 0.454 e. The van der Waals surface area contributed by atoms with Crippen LogP contribution in [0.2, 0.25) is 0 Å². The van der Waals surface area contributed by atoms with Crippen LogP contribution < -0.4 is 0 Å². The Kier molecular flexibility index (Phi) is 2.57. The van der Waals surface area contributed by atoms with Crippen molar-refractivity contribution in [2.75, 3.05) is 0 Å². The second kappa shape index (κ2) is 3.80. The van der Waals surface area contributed by atoms with Crippen molar-refractivity contribution in [3.05, 3.63) is 41.8 Å². The van der Waals surface area contributed by atoms with Gasteiger partial charge in [-0.25, -0.2) is 4.39 Å². The second-order valence-electron chi connectivity index (χ2n) is 3.35. The fourth-order valence-electron chi connectivity index (χ4n) is 1.47. The zero-order valence-electron chi connectivity index (χ0n) is 8.25. The predicted octanol–water partition coefficient (Wildman–Crippen LogP) is 3.12. The number of nitrogens with zero attached hydrogens (tertiary/aromatic N) is 1. The fraction of sp³-hybridized carbons (Fsp3) is 0.0909. The molecule has 0 atom stereocenters. The SMILES string of the molecule is O=C(c1cccc2ncc(F)cc12)C(F)(F)F. The summed E-state index contributed by atoms with van der Waals surface area (Å²) in [6, 6.07) is 4.54. The molecule has 17 heavy (non-hydrogen) atoms. The number of hydrogen-bond acceptors (Lipinski definition) is 2. The minimum Gasteiger partial charge on any atom is -0.284 e. The van der Waals surface area contributed by atoms with E-state index in [1.807, 2.05) is 0 Å². The number of benzene rings is 1. The van der Waals surface area contributed by atoms with Crippen LogP contribution >= 0.6 is 0 Å². The number of carbonyl (C=O) groups excluding carboxylic acids is 1. The van der Waals surface area contributed by atoms with Gasteiger partial charge in [0.15, 0.2) is 0 Å². The molecule has 2 aromatic rings. The van der Waals surface area contributed by atoms with Crippen molar-refractivity contribution in [2.24, 2.45) is 0 Å². The molecule has 1 aromatic carbocycles. The van der Waals surface area contributed by atoms with E-state index in [4.69, 9.17) is 0 Å². The molecular formula is C11H5F4NO. The molecule has 2 nitrogen and oxygen atoms in total. The van der Waals surface area contributed by atoms with Gasteiger partial charge in [0.05, 0.1) is 11.7 Å². The van der Waals surface area contributed by atoms with Crippen molar-refractivity contribution in [2.45, 2.75) is 6.18 Å². The molecule has 1 aromatic heterocycles. The van der Waals surface area contributed by atoms with Crippen LogP contribution in [-0.2, 0) is 0 Å². The monoisotopic (exact) mass is 243 g/mol. The normalized spacial score (nSPS) is 11.8. The van der Waals surface area contributed by atoms with E-state index in [0.29, 0.717) is 0 Å². The van der Waals surface area contributed by atoms with Crippen LogP contribution in [0.3, 0.4) is 0 Å². The maximum Gasteiger partial charge on any atom is 0.454 e. The molecule has 0 fully saturated rings. The second-order valence-corrected chi connectivity index (χ2v) is 3.35. The van der Waals surface area contributed by atoms with E-state index < -0.39 is 23.3 Å². The summed E-state index contributed by atoms with van der Waals surface area (Å²) < 4.78 is 49.8. The standard InChI is InChI=1S/C11H5F4NO/c12-6-4-8-7(10(17)11(13,14)15)2-1-3-9(8)16-5-6/h1-5H. The molecule has 1 heterocycles. The minimum absolute atomic E-state index is 0.140. The minimum atomic E-state index is -4.99. The molecule has 0 radical (unpaired) electrons. The summed E-state index contributed by atoms with van der Waals surface area (Å²) in [7, 11) is 0. The van der Waals surface area contributed by atoms with Crippen LogP contribution in [0.25, 0.3) is 10.9 Å². The Morgan fingerprint density at radius 1 is 1.24 bits per heavy atom. The molecule has 0 bridgehead atoms. The number of carbonyl (C=O) groups is 1. The zero-order chi connectivity index (χ0) is 12.6. The Labute approximate surface area is 92.9 Å². The van der Waals surface area contributed by atoms with E-state index in [9.17, 15) is 22.4 Å². The lowest BCUT2D eigenvalue weighted by molar-refractivity contribution is -0.0884. The van der Waals surface area contributed by atoms with Crippen LogP contribution in [0.15, 0.2) is 30.5 Å². The summed E-state index contributed by atoms with van der Waals surface area (Å²) in [5.41, 5.74) is -0.455. The third-order valence-electron chi connectivity index (χ3n) is 2.19. The lowest BCUT2D eigenvalue weighted by atomic mass is 10.0. The summed E-state index contributed by atoms with van der Waals surface area (Å²) in [5, 5.41) is -0.144. The van der Waals surface area contributed by atoms with Gasteiger partial charge in [-0.05, 0) is 12.1 Å². The number of ketones is 1. The average molecular weight is 243 g/mol. The van der Waals surface area contributed by atoms with Crippen molar-refractivity contribution in [3.63, 3.8) is 0 Å². The molecule has 0 saturated carbocycles. The number of halogens is 4. The van der Waals surface area contributed by atoms with Crippen LogP contribution in [0.5, 0.6) is 0 Å². The van der Waals surface area contributed by atoms with Crippen LogP contribution in [0.1, 0.15) is 10.4 Å². The van der Waals surface area contributed by atoms with Crippen LogP contribution in [-0.4, -0.2) is 16.9 Å². The van der Waals surface area contributed by atoms with Gasteiger partial charge in [0, 0.05) is 10.9 Å². The smallest absolute Gasteiger partial charge is 0.284 e. The van der Waals surface area contributed by atoms with E-state index in [1.54, 1.807) is 0 Å². The van der Waals surface area contributed by atoms with Gasteiger partial charge in [0.1, 0.15) is 5.82 Å². The maximum absolute atomic E-state index is 12.9. The first kappa shape index (κ1) is 11.5. The van der Waals surface area contributed by atoms with Gasteiger partial charge in [0.2, 0.25) is 0 Å². The van der Waals surface area contributed by atoms with Crippen LogP contribution in [0.4, 0.5) is 17.6 Å². The number of fused-ring (bicyclic) bond motifs is 1. The van der Waals surface area contributed by atoms with Gasteiger partial charge in [0.25, 0.3) is 5.78 Å². The first-order valence-electron chi connectivity index (χ1n) is 4.55. The Hall–Kier alpha value is -1.98. The van der Waals surface area contributed by atoms with E-state index in [-0.39, 0.29) is 10.9 Å². The van der Waals surface area contributed by atoms with Crippen molar-refractivity contribution in [1.82, 2.24) is 4.98 Å². The summed E-state index contributed by atoms with van der Waals surface area (Å²) in [6.45, 7) is 0. The molecule has 88 valence electrons. The molecule has 0 aliphatic rings. The van der Waals surface area contributed by atoms with E-state index in [0.717, 1.165) is 18.3 Å². The lowest BCUT2D eigenvalue weighted by Gasteiger charge is -2.07. The van der Waals surface area contributed by atoms with E-state index >= 15 is 0 Å². The van der Waals surface area contributed by atoms with Gasteiger partial charge < -0.3 is 0 Å². The zero-order valence-corrected chi connectivity index (χ0v) is 8.25. The van der Waals surface area contributed by atoms with Crippen molar-refractivity contribution >= 4 is 16.7 Å². The highest BCUT2D eigenvalue weighted by Gasteiger charge is 2.40. The maximum atomic E-state index is 12.9. The fourth-order valence-corrected chi connectivity index (χ4v) is 1.47. The lowest BCUT2D eigenvalue weighted by Crippen LogP contribution is -2.23. The Bertz CT molecular complexity index is 592. The summed E-state index contributed by atoms with van der Waals surface area (Å²) in [4.78, 5) is 14.7. The topological polar surface area (TPSA) is 30.0 Å². The molecular weight excluding hydrogens is 238 g/mol. The van der Waals surface area contributed by atoms with Gasteiger partial charge in [-0.3, -0.25) is 9.78 Å². The third kappa shape index (κ3) is 2.11. The molecule has 0 saturated heterocycles. The highest BCUT2D eigenvalue weighted by atomic mass is 19.4. The number of alkyl halides is 3. The Morgan fingerprint density at radius 3 is 2.59 bits per heavy atom. The highest BCUT2D eigenvalue weighted by molar-refractivity contribution is 6.09. The molecule has 0 aliphatic carbocycles. The number of rotatable bonds is 1. The van der Waals surface area contributed by atoms with Crippen molar-refractivity contribution in [1.29, 1.82) is 0 Å². The number of aromatic nitrogens is 1. The molecule has 0 N–H and O–H groups in total. The molecule has 6 heteroatoms. The number of hydrogen-bond donors (Lipinski definition) is 0. The van der Waals surface area contributed by atoms with Crippen molar-refractivity contribution < 1.29 is 22.4 Å². The van der Waals surface area contributed by atoms with Gasteiger partial charge in [-0.15, -0.1) is 0 Å². The first-order chi connectivity index (χ1) is 7.89. The molecule has 0 unspecified atom stereocenters. The third-order valence-corrected chi connectivity index (χ3v) is 2.19. The van der Waals surface area contributed by atoms with Crippen molar-refractivity contribution in [3.8, 4) is 0 Å². The van der Waals surface area contributed by atoms with Gasteiger partial charge in [-0.1, -0.05) is 12.1 Å². The summed E-state index contributed by atoms with van der Waals surface area (Å²) >= 11 is 0. The summed E-state index contributed by atoms with van der Waals surface area (Å²) in [5.74, 6) is -2.80. The Morgan fingerprint density at radius 2 is 1.94 bits per heavy atom. The Balaban J connectivity index is 2.70. The van der Waals surface area contributed by atoms with Crippen LogP contribution in [0, 0.1) is 5.82 Å². The quantitative estimate of drug-likeness (QED) is 0.569. The van der Waals surface area contributed by atoms with Gasteiger partial charge in [-0.2, -0.15) is 13.2 Å². The molecule has 0 aliphatic heterocycles. The molecule has 0 spiro atoms. The molecule has 0 amide bonds. The number of Topliss-reactive ketones (excluding diaryl/α,β-unsaturated/α-hetero) is 1.